The Bertz CT molecular complexity index is 857. The van der Waals surface area contributed by atoms with Gasteiger partial charge in [0, 0.05) is 24.3 Å². The molecule has 1 saturated heterocycles. The summed E-state index contributed by atoms with van der Waals surface area (Å²) in [5.41, 5.74) is 3.52. The number of amides is 2. The lowest BCUT2D eigenvalue weighted by atomic mass is 9.78. The fourth-order valence-electron chi connectivity index (χ4n) is 4.45. The second-order valence-corrected chi connectivity index (χ2v) is 8.77. The number of fused-ring (bicyclic) bond motifs is 1. The van der Waals surface area contributed by atoms with E-state index in [1.165, 1.54) is 16.2 Å². The molecule has 6 heteroatoms. The van der Waals surface area contributed by atoms with Crippen LogP contribution in [-0.4, -0.2) is 40.5 Å². The van der Waals surface area contributed by atoms with E-state index in [1.807, 2.05) is 6.07 Å². The number of nitrogens with zero attached hydrogens (tertiary/aromatic N) is 2. The molecule has 144 valence electrons. The van der Waals surface area contributed by atoms with Crippen molar-refractivity contribution in [2.75, 3.05) is 11.9 Å². The monoisotopic (exact) mass is 385 g/mol. The highest BCUT2D eigenvalue weighted by atomic mass is 32.1. The Balaban J connectivity index is 2.04. The summed E-state index contributed by atoms with van der Waals surface area (Å²) in [5.74, 6) is -0.423. The van der Waals surface area contributed by atoms with Crippen LogP contribution in [0.25, 0.3) is 6.08 Å². The predicted octanol–water partition coefficient (Wildman–Crippen LogP) is 3.44. The number of anilines is 1. The normalized spacial score (nSPS) is 23.7. The van der Waals surface area contributed by atoms with Gasteiger partial charge < -0.3 is 4.90 Å². The van der Waals surface area contributed by atoms with Crippen LogP contribution in [0, 0.1) is 0 Å². The first-order valence-corrected chi connectivity index (χ1v) is 9.72. The van der Waals surface area contributed by atoms with Crippen LogP contribution in [0.2, 0.25) is 0 Å². The van der Waals surface area contributed by atoms with Crippen molar-refractivity contribution in [3.05, 3.63) is 34.9 Å². The Labute approximate surface area is 166 Å². The predicted molar refractivity (Wildman–Crippen MR) is 113 cm³/mol. The fraction of sp³-hybridized carbons (Fsp3) is 0.476. The van der Waals surface area contributed by atoms with E-state index >= 15 is 0 Å². The van der Waals surface area contributed by atoms with Crippen LogP contribution in [0.1, 0.15) is 58.1 Å². The van der Waals surface area contributed by atoms with Crippen molar-refractivity contribution >= 4 is 40.9 Å². The third-order valence-corrected chi connectivity index (χ3v) is 5.81. The third kappa shape index (κ3) is 3.38. The quantitative estimate of drug-likeness (QED) is 0.481. The minimum atomic E-state index is -0.446. The number of benzene rings is 1. The van der Waals surface area contributed by atoms with Gasteiger partial charge in [0.2, 0.25) is 0 Å². The smallest absolute Gasteiger partial charge is 0.265 e. The average molecular weight is 386 g/mol. The zero-order valence-electron chi connectivity index (χ0n) is 16.8. The van der Waals surface area contributed by atoms with Crippen molar-refractivity contribution in [1.29, 1.82) is 0 Å². The van der Waals surface area contributed by atoms with E-state index in [0.717, 1.165) is 12.0 Å². The molecule has 1 aromatic carbocycles. The molecule has 1 aromatic rings. The molecular formula is C21H27N3O2S. The van der Waals surface area contributed by atoms with E-state index in [2.05, 4.69) is 57.0 Å². The lowest BCUT2D eigenvalue weighted by Gasteiger charge is -2.50. The molecule has 5 nitrogen and oxygen atoms in total. The van der Waals surface area contributed by atoms with Crippen LogP contribution in [-0.2, 0) is 9.59 Å². The van der Waals surface area contributed by atoms with Gasteiger partial charge in [-0.05, 0) is 81.6 Å². The summed E-state index contributed by atoms with van der Waals surface area (Å²) >= 11 is 4.99. The van der Waals surface area contributed by atoms with Gasteiger partial charge in [-0.2, -0.15) is 0 Å². The van der Waals surface area contributed by atoms with Crippen LogP contribution in [0.15, 0.2) is 23.8 Å². The second kappa shape index (κ2) is 6.75. The molecule has 1 atom stereocenters. The molecule has 2 amide bonds. The van der Waals surface area contributed by atoms with E-state index in [9.17, 15) is 9.59 Å². The minimum absolute atomic E-state index is 0.0815. The number of carbonyl (C=O) groups is 2. The van der Waals surface area contributed by atoms with Gasteiger partial charge in [-0.25, -0.2) is 0 Å². The molecule has 0 radical (unpaired) electrons. The molecule has 0 bridgehead atoms. The van der Waals surface area contributed by atoms with Gasteiger partial charge in [-0.1, -0.05) is 13.0 Å². The molecule has 1 N–H and O–H groups in total. The summed E-state index contributed by atoms with van der Waals surface area (Å²) in [5, 5.41) is 2.69. The Hall–Kier alpha value is -2.21. The van der Waals surface area contributed by atoms with Crippen LogP contribution in [0.5, 0.6) is 0 Å². The first-order valence-electron chi connectivity index (χ1n) is 9.31. The maximum atomic E-state index is 12.4. The minimum Gasteiger partial charge on any atom is -0.364 e. The molecule has 0 aliphatic carbocycles. The first kappa shape index (κ1) is 19.5. The summed E-state index contributed by atoms with van der Waals surface area (Å²) in [6.45, 7) is 11.2. The molecule has 0 saturated carbocycles. The van der Waals surface area contributed by atoms with Crippen molar-refractivity contribution in [3.8, 4) is 0 Å². The van der Waals surface area contributed by atoms with Gasteiger partial charge in [0.15, 0.2) is 5.11 Å². The van der Waals surface area contributed by atoms with Gasteiger partial charge in [-0.3, -0.25) is 19.8 Å². The van der Waals surface area contributed by atoms with Gasteiger partial charge in [0.1, 0.15) is 5.57 Å². The van der Waals surface area contributed by atoms with Crippen molar-refractivity contribution in [1.82, 2.24) is 10.2 Å². The Morgan fingerprint density at radius 3 is 2.59 bits per heavy atom. The molecule has 0 spiro atoms. The van der Waals surface area contributed by atoms with Crippen LogP contribution in [0.3, 0.4) is 0 Å². The Kier molecular flexibility index (Phi) is 4.89. The van der Waals surface area contributed by atoms with E-state index in [1.54, 1.807) is 13.1 Å². The number of thiocarbonyl (C=S) groups is 1. The number of nitrogens with one attached hydrogen (secondary N) is 1. The molecule has 2 heterocycles. The number of carbonyl (C=O) groups excluding carboxylic acids is 2. The Morgan fingerprint density at radius 1 is 1.30 bits per heavy atom. The molecule has 0 aromatic heterocycles. The standard InChI is InChI=1S/C21H27N3O2S/c1-12(2)24-17-8-7-14(9-15(17)13(3)11-21(24,4)5)10-16-18(25)22-20(27)23(6)19(16)26/h7-10,12-13H,11H2,1-6H3,(H,22,25,27)/b16-10+/t13-/m0/s1. The molecule has 3 rings (SSSR count). The van der Waals surface area contributed by atoms with Gasteiger partial charge in [-0.15, -0.1) is 0 Å². The summed E-state index contributed by atoms with van der Waals surface area (Å²) in [7, 11) is 1.56. The number of hydrogen-bond acceptors (Lipinski definition) is 4. The zero-order valence-corrected chi connectivity index (χ0v) is 17.6. The molecule has 2 aliphatic heterocycles. The summed E-state index contributed by atoms with van der Waals surface area (Å²) in [4.78, 5) is 28.4. The van der Waals surface area contributed by atoms with Gasteiger partial charge in [0.25, 0.3) is 11.8 Å². The highest BCUT2D eigenvalue weighted by Crippen LogP contribution is 2.44. The lowest BCUT2D eigenvalue weighted by Crippen LogP contribution is -2.52. The summed E-state index contributed by atoms with van der Waals surface area (Å²) in [6, 6.07) is 6.57. The van der Waals surface area contributed by atoms with Crippen molar-refractivity contribution in [2.24, 2.45) is 0 Å². The van der Waals surface area contributed by atoms with E-state index < -0.39 is 5.91 Å². The second-order valence-electron chi connectivity index (χ2n) is 8.38. The van der Waals surface area contributed by atoms with Crippen molar-refractivity contribution in [3.63, 3.8) is 0 Å². The SMILES string of the molecule is CC(C)N1c2ccc(/C=C3\C(=O)NC(=S)N(C)C3=O)cc2[C@@H](C)CC1(C)C. The van der Waals surface area contributed by atoms with Crippen molar-refractivity contribution in [2.45, 2.75) is 58.5 Å². The van der Waals surface area contributed by atoms with Gasteiger partial charge >= 0.3 is 0 Å². The number of hydrogen-bond donors (Lipinski definition) is 1. The summed E-state index contributed by atoms with van der Waals surface area (Å²) in [6.07, 6.45) is 2.71. The topological polar surface area (TPSA) is 52.7 Å². The molecule has 27 heavy (non-hydrogen) atoms. The molecule has 1 fully saturated rings. The van der Waals surface area contributed by atoms with E-state index in [-0.39, 0.29) is 22.1 Å². The number of rotatable bonds is 2. The average Bonchev–Trinajstić information content (AvgIpc) is 2.56. The molecular weight excluding hydrogens is 358 g/mol. The first-order chi connectivity index (χ1) is 12.5. The maximum absolute atomic E-state index is 12.4. The van der Waals surface area contributed by atoms with Crippen LogP contribution >= 0.6 is 12.2 Å². The van der Waals surface area contributed by atoms with Crippen LogP contribution < -0.4 is 10.2 Å². The highest BCUT2D eigenvalue weighted by molar-refractivity contribution is 7.80. The maximum Gasteiger partial charge on any atom is 0.265 e. The van der Waals surface area contributed by atoms with Crippen LogP contribution in [0.4, 0.5) is 5.69 Å². The lowest BCUT2D eigenvalue weighted by molar-refractivity contribution is -0.128. The zero-order chi connectivity index (χ0) is 20.1. The van der Waals surface area contributed by atoms with E-state index in [4.69, 9.17) is 12.2 Å². The molecule has 2 aliphatic rings. The highest BCUT2D eigenvalue weighted by Gasteiger charge is 2.37. The Morgan fingerprint density at radius 2 is 1.96 bits per heavy atom. The molecule has 0 unspecified atom stereocenters. The van der Waals surface area contributed by atoms with Gasteiger partial charge in [0.05, 0.1) is 0 Å². The fourth-order valence-corrected chi connectivity index (χ4v) is 4.63. The number of likely N-dealkylation sites (N-methyl/N-ethyl adjacent to an activating group) is 1. The van der Waals surface area contributed by atoms with E-state index in [0.29, 0.717) is 12.0 Å². The third-order valence-electron chi connectivity index (χ3n) is 5.43. The largest absolute Gasteiger partial charge is 0.364 e. The van der Waals surface area contributed by atoms with Crippen molar-refractivity contribution < 1.29 is 9.59 Å². The summed E-state index contributed by atoms with van der Waals surface area (Å²) < 4.78 is 0.